The molecule has 7 heteroatoms. The van der Waals surface area contributed by atoms with Crippen LogP contribution in [0.1, 0.15) is 31.0 Å². The topological polar surface area (TPSA) is 42.2 Å². The molecule has 2 aromatic heterocycles. The van der Waals surface area contributed by atoms with Gasteiger partial charge in [-0.2, -0.15) is 5.10 Å². The molecule has 0 radical (unpaired) electrons. The molecule has 0 saturated carbocycles. The molecule has 96 valence electrons. The zero-order chi connectivity index (χ0) is 12.7. The summed E-state index contributed by atoms with van der Waals surface area (Å²) < 4.78 is 1.53. The third-order valence-corrected chi connectivity index (χ3v) is 4.31. The second kappa shape index (κ2) is 4.85. The van der Waals surface area contributed by atoms with Crippen molar-refractivity contribution >= 4 is 40.4 Å². The van der Waals surface area contributed by atoms with Gasteiger partial charge in [-0.15, -0.1) is 0 Å². The van der Waals surface area contributed by atoms with Crippen LogP contribution in [0.2, 0.25) is 15.3 Å². The van der Waals surface area contributed by atoms with E-state index < -0.39 is 0 Å². The van der Waals surface area contributed by atoms with E-state index >= 15 is 0 Å². The minimum Gasteiger partial charge on any atom is -0.309 e. The first-order valence-electron chi connectivity index (χ1n) is 5.80. The number of hydrogen-bond donors (Lipinski definition) is 1. The Labute approximate surface area is 119 Å². The van der Waals surface area contributed by atoms with Gasteiger partial charge < -0.3 is 5.32 Å². The zero-order valence-electron chi connectivity index (χ0n) is 9.46. The largest absolute Gasteiger partial charge is 0.309 e. The van der Waals surface area contributed by atoms with E-state index in [4.69, 9.17) is 34.8 Å². The summed E-state index contributed by atoms with van der Waals surface area (Å²) in [5, 5.41) is 8.63. The van der Waals surface area contributed by atoms with E-state index in [2.05, 4.69) is 15.4 Å². The van der Waals surface area contributed by atoms with Gasteiger partial charge in [0.2, 0.25) is 0 Å². The molecule has 1 fully saturated rings. The molecule has 0 amide bonds. The first kappa shape index (κ1) is 12.5. The molecule has 3 rings (SSSR count). The Kier molecular flexibility index (Phi) is 3.36. The summed E-state index contributed by atoms with van der Waals surface area (Å²) in [5.74, 6) is 0. The van der Waals surface area contributed by atoms with E-state index in [9.17, 15) is 0 Å². The van der Waals surface area contributed by atoms with Gasteiger partial charge in [-0.1, -0.05) is 41.2 Å². The molecule has 1 atom stereocenters. The van der Waals surface area contributed by atoms with Gasteiger partial charge in [0, 0.05) is 6.07 Å². The number of fused-ring (bicyclic) bond motifs is 1. The monoisotopic (exact) mass is 304 g/mol. The first-order chi connectivity index (χ1) is 8.66. The molecule has 0 aliphatic carbocycles. The molecule has 1 saturated heterocycles. The van der Waals surface area contributed by atoms with Crippen molar-refractivity contribution in [3.63, 3.8) is 0 Å². The van der Waals surface area contributed by atoms with Crippen molar-refractivity contribution in [2.24, 2.45) is 0 Å². The van der Waals surface area contributed by atoms with Crippen LogP contribution >= 0.6 is 34.8 Å². The van der Waals surface area contributed by atoms with Gasteiger partial charge in [0.15, 0.2) is 16.0 Å². The summed E-state index contributed by atoms with van der Waals surface area (Å²) in [6, 6.07) is 2.16. The molecule has 3 heterocycles. The average molecular weight is 306 g/mol. The van der Waals surface area contributed by atoms with E-state index in [1.165, 1.54) is 17.4 Å². The fourth-order valence-electron chi connectivity index (χ4n) is 2.22. The maximum absolute atomic E-state index is 6.11. The van der Waals surface area contributed by atoms with Gasteiger partial charge in [-0.25, -0.2) is 9.50 Å². The number of hydrogen-bond acceptors (Lipinski definition) is 3. The van der Waals surface area contributed by atoms with Gasteiger partial charge in [-0.05, 0) is 19.4 Å². The highest BCUT2D eigenvalue weighted by atomic mass is 35.5. The van der Waals surface area contributed by atoms with Crippen molar-refractivity contribution in [3.05, 3.63) is 27.1 Å². The lowest BCUT2D eigenvalue weighted by atomic mass is 10.0. The van der Waals surface area contributed by atoms with E-state index in [-0.39, 0.29) is 16.2 Å². The highest BCUT2D eigenvalue weighted by Gasteiger charge is 2.20. The van der Waals surface area contributed by atoms with Crippen LogP contribution in [-0.2, 0) is 0 Å². The lowest BCUT2D eigenvalue weighted by Crippen LogP contribution is -2.27. The summed E-state index contributed by atoms with van der Waals surface area (Å²) in [5.41, 5.74) is 1.55. The van der Waals surface area contributed by atoms with Crippen LogP contribution in [0.4, 0.5) is 0 Å². The van der Waals surface area contributed by atoms with Crippen LogP contribution in [-0.4, -0.2) is 21.1 Å². The van der Waals surface area contributed by atoms with Crippen molar-refractivity contribution in [2.45, 2.75) is 25.3 Å². The molecular formula is C11H11Cl3N4. The number of halogens is 3. The molecule has 0 bridgehead atoms. The Hall–Kier alpha value is -0.550. The molecule has 1 N–H and O–H groups in total. The molecule has 0 spiro atoms. The summed E-state index contributed by atoms with van der Waals surface area (Å²) in [6.45, 7) is 1.02. The minimum absolute atomic E-state index is 0.206. The summed E-state index contributed by atoms with van der Waals surface area (Å²) >= 11 is 18.0. The second-order valence-corrected chi connectivity index (χ2v) is 5.44. The molecule has 0 aromatic carbocycles. The zero-order valence-corrected chi connectivity index (χ0v) is 11.7. The fourth-order valence-corrected chi connectivity index (χ4v) is 2.78. The summed E-state index contributed by atoms with van der Waals surface area (Å²) in [4.78, 5) is 4.17. The molecule has 1 aliphatic rings. The fraction of sp³-hybridized carbons (Fsp3) is 0.455. The summed E-state index contributed by atoms with van der Waals surface area (Å²) in [6.07, 6.45) is 3.48. The Balaban J connectivity index is 2.07. The SMILES string of the molecule is Clc1nc2cc([C@@H]3CCCCN3)nn2c(Cl)c1Cl. The third kappa shape index (κ3) is 2.07. The molecule has 0 unspecified atom stereocenters. The molecule has 2 aromatic rings. The highest BCUT2D eigenvalue weighted by molar-refractivity contribution is 6.47. The highest BCUT2D eigenvalue weighted by Crippen LogP contribution is 2.30. The van der Waals surface area contributed by atoms with Gasteiger partial charge in [-0.3, -0.25) is 0 Å². The quantitative estimate of drug-likeness (QED) is 0.820. The van der Waals surface area contributed by atoms with Crippen LogP contribution in [0.25, 0.3) is 5.65 Å². The van der Waals surface area contributed by atoms with Crippen LogP contribution < -0.4 is 5.32 Å². The molecule has 4 nitrogen and oxygen atoms in total. The second-order valence-electron chi connectivity index (χ2n) is 4.35. The van der Waals surface area contributed by atoms with Crippen LogP contribution in [0.3, 0.4) is 0 Å². The lowest BCUT2D eigenvalue weighted by molar-refractivity contribution is 0.404. The van der Waals surface area contributed by atoms with E-state index in [0.717, 1.165) is 18.7 Å². The molecule has 18 heavy (non-hydrogen) atoms. The summed E-state index contributed by atoms with van der Waals surface area (Å²) in [7, 11) is 0. The van der Waals surface area contributed by atoms with E-state index in [0.29, 0.717) is 10.8 Å². The van der Waals surface area contributed by atoms with Gasteiger partial charge in [0.05, 0.1) is 11.7 Å². The van der Waals surface area contributed by atoms with Crippen molar-refractivity contribution < 1.29 is 0 Å². The number of nitrogens with one attached hydrogen (secondary N) is 1. The van der Waals surface area contributed by atoms with Crippen molar-refractivity contribution in [1.82, 2.24) is 19.9 Å². The van der Waals surface area contributed by atoms with E-state index in [1.807, 2.05) is 6.07 Å². The van der Waals surface area contributed by atoms with Crippen molar-refractivity contribution in [1.29, 1.82) is 0 Å². The number of rotatable bonds is 1. The van der Waals surface area contributed by atoms with Crippen molar-refractivity contribution in [2.75, 3.05) is 6.54 Å². The minimum atomic E-state index is 0.206. The van der Waals surface area contributed by atoms with Gasteiger partial charge >= 0.3 is 0 Å². The smallest absolute Gasteiger partial charge is 0.158 e. The Morgan fingerprint density at radius 3 is 2.83 bits per heavy atom. The third-order valence-electron chi connectivity index (χ3n) is 3.14. The van der Waals surface area contributed by atoms with Gasteiger partial charge in [0.1, 0.15) is 5.02 Å². The Bertz CT molecular complexity index is 589. The Morgan fingerprint density at radius 2 is 2.11 bits per heavy atom. The number of nitrogens with zero attached hydrogens (tertiary/aromatic N) is 3. The number of piperidine rings is 1. The van der Waals surface area contributed by atoms with Crippen molar-refractivity contribution in [3.8, 4) is 0 Å². The Morgan fingerprint density at radius 1 is 1.28 bits per heavy atom. The van der Waals surface area contributed by atoms with E-state index in [1.54, 1.807) is 0 Å². The lowest BCUT2D eigenvalue weighted by Gasteiger charge is -2.21. The average Bonchev–Trinajstić information content (AvgIpc) is 2.81. The maximum Gasteiger partial charge on any atom is 0.158 e. The van der Waals surface area contributed by atoms with Crippen LogP contribution in [0.5, 0.6) is 0 Å². The van der Waals surface area contributed by atoms with Crippen LogP contribution in [0.15, 0.2) is 6.07 Å². The normalized spacial score (nSPS) is 20.5. The van der Waals surface area contributed by atoms with Gasteiger partial charge in [0.25, 0.3) is 0 Å². The standard InChI is InChI=1S/C11H11Cl3N4/c12-9-10(13)16-8-5-7(17-18(8)11(9)14)6-3-1-2-4-15-6/h5-6,15H,1-4H2/t6-/m0/s1. The van der Waals surface area contributed by atoms with Crippen LogP contribution in [0, 0.1) is 0 Å². The molecule has 1 aliphatic heterocycles. The predicted octanol–water partition coefficient (Wildman–Crippen LogP) is 3.50. The maximum atomic E-state index is 6.11. The first-order valence-corrected chi connectivity index (χ1v) is 6.94. The molecular weight excluding hydrogens is 295 g/mol. The predicted molar refractivity (Wildman–Crippen MR) is 72.6 cm³/mol. The number of aromatic nitrogens is 3.